The van der Waals surface area contributed by atoms with Gasteiger partial charge in [0.1, 0.15) is 0 Å². The molecule has 0 aliphatic carbocycles. The first-order valence-electron chi connectivity index (χ1n) is 5.95. The SMILES string of the molecule is C1COCCOCCOCCO1.O=[N+]([O-])[O-].O=[N+]([O-])[O-].O=[N+]([O-])[O-].[Ho+3]. The van der Waals surface area contributed by atoms with Crippen molar-refractivity contribution in [3.8, 4) is 0 Å². The van der Waals surface area contributed by atoms with E-state index in [-0.39, 0.29) is 37.7 Å². The molecule has 0 aromatic rings. The molecule has 0 N–H and O–H groups in total. The van der Waals surface area contributed by atoms with Gasteiger partial charge in [-0.25, -0.2) is 0 Å². The quantitative estimate of drug-likeness (QED) is 0.217. The first-order chi connectivity index (χ1) is 11.2. The summed E-state index contributed by atoms with van der Waals surface area (Å²) >= 11 is 0. The molecular formula is C8H16HoN3O13. The Bertz CT molecular complexity index is 238. The zero-order valence-electron chi connectivity index (χ0n) is 12.6. The van der Waals surface area contributed by atoms with E-state index in [1.165, 1.54) is 0 Å². The van der Waals surface area contributed by atoms with Crippen LogP contribution in [0.2, 0.25) is 0 Å². The van der Waals surface area contributed by atoms with Crippen LogP contribution in [0.1, 0.15) is 0 Å². The van der Waals surface area contributed by atoms with E-state index in [1.807, 2.05) is 0 Å². The Morgan fingerprint density at radius 3 is 0.600 bits per heavy atom. The average Bonchev–Trinajstić information content (AvgIpc) is 2.37. The molecule has 0 radical (unpaired) electrons. The summed E-state index contributed by atoms with van der Waals surface area (Å²) in [5.41, 5.74) is 0. The largest absolute Gasteiger partial charge is 3.00 e. The van der Waals surface area contributed by atoms with Crippen molar-refractivity contribution in [2.75, 3.05) is 52.9 Å². The van der Waals surface area contributed by atoms with E-state index < -0.39 is 15.3 Å². The van der Waals surface area contributed by atoms with E-state index >= 15 is 0 Å². The Balaban J connectivity index is -0.000000142. The number of nitrogens with zero attached hydrogens (tertiary/aromatic N) is 3. The third kappa shape index (κ3) is 85.0. The van der Waals surface area contributed by atoms with E-state index in [1.54, 1.807) is 0 Å². The van der Waals surface area contributed by atoms with Gasteiger partial charge in [-0.05, 0) is 0 Å². The van der Waals surface area contributed by atoms with Crippen molar-refractivity contribution in [3.63, 3.8) is 0 Å². The third-order valence-electron chi connectivity index (χ3n) is 1.49. The van der Waals surface area contributed by atoms with Crippen LogP contribution in [0.5, 0.6) is 0 Å². The summed E-state index contributed by atoms with van der Waals surface area (Å²) in [4.78, 5) is 24.8. The minimum atomic E-state index is -1.75. The molecule has 1 saturated heterocycles. The van der Waals surface area contributed by atoms with E-state index in [9.17, 15) is 0 Å². The van der Waals surface area contributed by atoms with Crippen molar-refractivity contribution in [2.45, 2.75) is 0 Å². The summed E-state index contributed by atoms with van der Waals surface area (Å²) < 4.78 is 20.9. The van der Waals surface area contributed by atoms with Gasteiger partial charge in [-0.3, -0.25) is 0 Å². The zero-order valence-corrected chi connectivity index (χ0v) is 14.5. The predicted molar refractivity (Wildman–Crippen MR) is 74.4 cm³/mol. The maximum Gasteiger partial charge on any atom is 3.00 e. The molecule has 17 heteroatoms. The fourth-order valence-corrected chi connectivity index (χ4v) is 0.880. The Hall–Kier alpha value is -1.30. The van der Waals surface area contributed by atoms with E-state index in [2.05, 4.69) is 0 Å². The summed E-state index contributed by atoms with van der Waals surface area (Å²) in [6.07, 6.45) is 0. The molecule has 1 fully saturated rings. The molecule has 0 spiro atoms. The standard InChI is InChI=1S/C8H16O4.Ho.3NO3/c1-2-10-5-6-12-8-7-11-4-3-9-1;;3*2-1(3)4/h1-8H2;;;;/q;+3;3*-1. The monoisotopic (exact) mass is 527 g/mol. The van der Waals surface area contributed by atoms with Crippen LogP contribution in [0, 0.1) is 83.7 Å². The molecule has 1 rings (SSSR count). The smallest absolute Gasteiger partial charge is 0.377 e. The summed E-state index contributed by atoms with van der Waals surface area (Å²) in [6.45, 7) is 5.14. The third-order valence-corrected chi connectivity index (χ3v) is 1.49. The number of hydrogen-bond acceptors (Lipinski definition) is 13. The minimum Gasteiger partial charge on any atom is -0.377 e. The summed E-state index contributed by atoms with van der Waals surface area (Å²) in [6, 6.07) is 0. The topological polar surface area (TPSA) is 236 Å². The van der Waals surface area contributed by atoms with Crippen LogP contribution in [0.25, 0.3) is 0 Å². The Morgan fingerprint density at radius 2 is 0.520 bits per heavy atom. The van der Waals surface area contributed by atoms with E-state index in [0.717, 1.165) is 0 Å². The normalized spacial score (nSPS) is 14.4. The fraction of sp³-hybridized carbons (Fsp3) is 1.00. The fourth-order valence-electron chi connectivity index (χ4n) is 0.880. The van der Waals surface area contributed by atoms with Crippen LogP contribution >= 0.6 is 0 Å². The van der Waals surface area contributed by atoms with E-state index in [0.29, 0.717) is 52.9 Å². The Morgan fingerprint density at radius 1 is 0.440 bits per heavy atom. The van der Waals surface area contributed by atoms with Crippen LogP contribution in [0.3, 0.4) is 0 Å². The molecule has 25 heavy (non-hydrogen) atoms. The molecule has 0 amide bonds. The van der Waals surface area contributed by atoms with Gasteiger partial charge in [0.05, 0.1) is 68.1 Å². The van der Waals surface area contributed by atoms with Crippen LogP contribution < -0.4 is 0 Å². The van der Waals surface area contributed by atoms with Gasteiger partial charge in [0.15, 0.2) is 0 Å². The molecule has 1 aliphatic rings. The van der Waals surface area contributed by atoms with Crippen LogP contribution in [-0.2, 0) is 18.9 Å². The first-order valence-corrected chi connectivity index (χ1v) is 5.95. The molecule has 0 bridgehead atoms. The number of rotatable bonds is 0. The van der Waals surface area contributed by atoms with Crippen molar-refractivity contribution in [2.24, 2.45) is 0 Å². The molecule has 1 aliphatic heterocycles. The Labute approximate surface area is 170 Å². The Kier molecular flexibility index (Phi) is 34.7. The van der Waals surface area contributed by atoms with Gasteiger partial charge in [0.2, 0.25) is 0 Å². The van der Waals surface area contributed by atoms with Gasteiger partial charge in [-0.15, -0.1) is 0 Å². The summed E-state index contributed by atoms with van der Waals surface area (Å²) in [5, 5.41) is 44.2. The van der Waals surface area contributed by atoms with Gasteiger partial charge in [-0.1, -0.05) is 0 Å². The molecular weight excluding hydrogens is 511 g/mol. The van der Waals surface area contributed by atoms with Crippen molar-refractivity contribution < 1.29 is 71.9 Å². The van der Waals surface area contributed by atoms with Crippen molar-refractivity contribution in [1.82, 2.24) is 0 Å². The molecule has 1 heterocycles. The van der Waals surface area contributed by atoms with Gasteiger partial charge in [-0.2, -0.15) is 0 Å². The maximum atomic E-state index is 8.25. The second-order valence-electron chi connectivity index (χ2n) is 3.12. The van der Waals surface area contributed by atoms with Gasteiger partial charge >= 0.3 is 37.7 Å². The van der Waals surface area contributed by atoms with E-state index in [4.69, 9.17) is 64.9 Å². The van der Waals surface area contributed by atoms with Gasteiger partial charge in [0.25, 0.3) is 0 Å². The second kappa shape index (κ2) is 27.5. The zero-order chi connectivity index (χ0) is 19.2. The molecule has 0 unspecified atom stereocenters. The molecule has 0 atom stereocenters. The number of ether oxygens (including phenoxy) is 4. The molecule has 0 saturated carbocycles. The average molecular weight is 527 g/mol. The molecule has 0 aromatic heterocycles. The van der Waals surface area contributed by atoms with Crippen LogP contribution in [0.4, 0.5) is 0 Å². The molecule has 16 nitrogen and oxygen atoms in total. The van der Waals surface area contributed by atoms with Crippen molar-refractivity contribution >= 4 is 0 Å². The molecule has 0 aromatic carbocycles. The first kappa shape index (κ1) is 31.5. The molecule has 152 valence electrons. The predicted octanol–water partition coefficient (Wildman–Crippen LogP) is -0.651. The van der Waals surface area contributed by atoms with Gasteiger partial charge < -0.3 is 64.9 Å². The second-order valence-corrected chi connectivity index (χ2v) is 3.12. The summed E-state index contributed by atoms with van der Waals surface area (Å²) in [5.74, 6) is 0. The van der Waals surface area contributed by atoms with Crippen LogP contribution in [-0.4, -0.2) is 68.1 Å². The number of hydrogen-bond donors (Lipinski definition) is 0. The van der Waals surface area contributed by atoms with Crippen molar-refractivity contribution in [3.05, 3.63) is 46.0 Å². The van der Waals surface area contributed by atoms with Crippen LogP contribution in [0.15, 0.2) is 0 Å². The summed E-state index contributed by atoms with van der Waals surface area (Å²) in [7, 11) is 0. The van der Waals surface area contributed by atoms with Gasteiger partial charge in [0, 0.05) is 0 Å². The maximum absolute atomic E-state index is 8.25. The minimum absolute atomic E-state index is 0. The van der Waals surface area contributed by atoms with Crippen molar-refractivity contribution in [1.29, 1.82) is 0 Å².